The van der Waals surface area contributed by atoms with Crippen LogP contribution in [0.1, 0.15) is 25.8 Å². The Morgan fingerprint density at radius 3 is 2.56 bits per heavy atom. The average molecular weight is 351 g/mol. The van der Waals surface area contributed by atoms with E-state index in [0.717, 1.165) is 4.90 Å². The Kier molecular flexibility index (Phi) is 5.73. The fourth-order valence-electron chi connectivity index (χ4n) is 2.90. The van der Waals surface area contributed by atoms with E-state index in [2.05, 4.69) is 10.6 Å². The van der Waals surface area contributed by atoms with Gasteiger partial charge in [0.25, 0.3) is 5.91 Å². The van der Waals surface area contributed by atoms with Crippen molar-refractivity contribution in [2.75, 3.05) is 20.3 Å². The molecule has 1 heterocycles. The summed E-state index contributed by atoms with van der Waals surface area (Å²) in [7, 11) is 1.51. The second-order valence-corrected chi connectivity index (χ2v) is 6.01. The molecule has 1 aromatic carbocycles. The number of ether oxygens (including phenoxy) is 1. The van der Waals surface area contributed by atoms with Gasteiger partial charge in [-0.05, 0) is 31.0 Å². The molecule has 0 bridgehead atoms. The first-order chi connectivity index (χ1) is 11.8. The van der Waals surface area contributed by atoms with Crippen LogP contribution in [0.3, 0.4) is 0 Å². The fourth-order valence-corrected chi connectivity index (χ4v) is 2.90. The van der Waals surface area contributed by atoms with Crippen molar-refractivity contribution in [1.82, 2.24) is 15.5 Å². The molecule has 0 aliphatic carbocycles. The number of urea groups is 1. The second-order valence-electron chi connectivity index (χ2n) is 6.01. The van der Waals surface area contributed by atoms with Gasteiger partial charge in [-0.2, -0.15) is 0 Å². The van der Waals surface area contributed by atoms with Crippen LogP contribution in [-0.4, -0.2) is 49.0 Å². The van der Waals surface area contributed by atoms with Gasteiger partial charge in [0.2, 0.25) is 5.91 Å². The summed E-state index contributed by atoms with van der Waals surface area (Å²) in [5.41, 5.74) is -0.811. The molecule has 1 saturated heterocycles. The van der Waals surface area contributed by atoms with Gasteiger partial charge in [0.15, 0.2) is 0 Å². The molecule has 2 N–H and O–H groups in total. The largest absolute Gasteiger partial charge is 0.383 e. The summed E-state index contributed by atoms with van der Waals surface area (Å²) in [6, 6.07) is 4.49. The molecule has 8 heteroatoms. The van der Waals surface area contributed by atoms with Crippen molar-refractivity contribution in [3.05, 3.63) is 35.6 Å². The van der Waals surface area contributed by atoms with E-state index in [1.54, 1.807) is 13.8 Å². The summed E-state index contributed by atoms with van der Waals surface area (Å²) in [6.07, 6.45) is 0.279. The van der Waals surface area contributed by atoms with Crippen molar-refractivity contribution in [1.29, 1.82) is 0 Å². The zero-order chi connectivity index (χ0) is 18.6. The Morgan fingerprint density at radius 1 is 1.36 bits per heavy atom. The number of nitrogens with zero attached hydrogens (tertiary/aromatic N) is 1. The first-order valence-electron chi connectivity index (χ1n) is 8.02. The van der Waals surface area contributed by atoms with Gasteiger partial charge in [-0.15, -0.1) is 0 Å². The predicted molar refractivity (Wildman–Crippen MR) is 88.1 cm³/mol. The average Bonchev–Trinajstić information content (AvgIpc) is 2.80. The lowest BCUT2D eigenvalue weighted by molar-refractivity contribution is -0.135. The lowest BCUT2D eigenvalue weighted by Gasteiger charge is -2.25. The highest BCUT2D eigenvalue weighted by molar-refractivity contribution is 6.09. The van der Waals surface area contributed by atoms with Gasteiger partial charge < -0.3 is 15.4 Å². The van der Waals surface area contributed by atoms with E-state index in [-0.39, 0.29) is 19.0 Å². The number of imide groups is 1. The number of carbonyl (C=O) groups excluding carboxylic acids is 3. The van der Waals surface area contributed by atoms with Crippen molar-refractivity contribution in [3.63, 3.8) is 0 Å². The van der Waals surface area contributed by atoms with Crippen LogP contribution in [0.4, 0.5) is 9.18 Å². The maximum absolute atomic E-state index is 13.2. The van der Waals surface area contributed by atoms with Crippen LogP contribution in [0, 0.1) is 5.82 Å². The molecule has 7 nitrogen and oxygen atoms in total. The normalized spacial score (nSPS) is 21.2. The summed E-state index contributed by atoms with van der Waals surface area (Å²) in [5.74, 6) is -1.42. The minimum Gasteiger partial charge on any atom is -0.383 e. The third-order valence-electron chi connectivity index (χ3n) is 4.17. The van der Waals surface area contributed by atoms with Crippen LogP contribution in [0.2, 0.25) is 0 Å². The quantitative estimate of drug-likeness (QED) is 0.721. The molecule has 1 fully saturated rings. The standard InChI is InChI=1S/C17H22FN3O4/c1-4-17(12-5-7-13(18)8-6-12)15(23)21(16(24)20-17)9-14(22)19-11(2)10-25-3/h5-8,11H,4,9-10H2,1-3H3,(H,19,22)(H,20,24)/t11-,17+/m1/s1. The highest BCUT2D eigenvalue weighted by Gasteiger charge is 2.51. The topological polar surface area (TPSA) is 87.7 Å². The number of carbonyl (C=O) groups is 3. The molecule has 0 saturated carbocycles. The van der Waals surface area contributed by atoms with E-state index in [0.29, 0.717) is 12.2 Å². The molecule has 25 heavy (non-hydrogen) atoms. The van der Waals surface area contributed by atoms with Crippen molar-refractivity contribution in [2.24, 2.45) is 0 Å². The molecule has 1 aromatic rings. The van der Waals surface area contributed by atoms with Gasteiger partial charge in [0, 0.05) is 13.2 Å². The number of hydrogen-bond donors (Lipinski definition) is 2. The van der Waals surface area contributed by atoms with Crippen LogP contribution >= 0.6 is 0 Å². The number of rotatable bonds is 7. The third kappa shape index (κ3) is 3.79. The molecule has 0 radical (unpaired) electrons. The number of nitrogens with one attached hydrogen (secondary N) is 2. The summed E-state index contributed by atoms with van der Waals surface area (Å²) in [5, 5.41) is 5.30. The van der Waals surface area contributed by atoms with Crippen molar-refractivity contribution < 1.29 is 23.5 Å². The summed E-state index contributed by atoms with van der Waals surface area (Å²) >= 11 is 0. The predicted octanol–water partition coefficient (Wildman–Crippen LogP) is 1.13. The van der Waals surface area contributed by atoms with Crippen molar-refractivity contribution >= 4 is 17.8 Å². The Balaban J connectivity index is 2.17. The zero-order valence-electron chi connectivity index (χ0n) is 14.5. The SMILES string of the molecule is CC[C@@]1(c2ccc(F)cc2)NC(=O)N(CC(=O)N[C@H](C)COC)C1=O. The Bertz CT molecular complexity index is 664. The molecule has 1 aliphatic heterocycles. The van der Waals surface area contributed by atoms with E-state index in [4.69, 9.17) is 4.74 Å². The van der Waals surface area contributed by atoms with Gasteiger partial charge in [-0.3, -0.25) is 14.5 Å². The van der Waals surface area contributed by atoms with Crippen molar-refractivity contribution in [3.8, 4) is 0 Å². The Labute approximate surface area is 145 Å². The molecule has 1 aliphatic rings. The van der Waals surface area contributed by atoms with Gasteiger partial charge in [0.1, 0.15) is 17.9 Å². The summed E-state index contributed by atoms with van der Waals surface area (Å²) < 4.78 is 18.1. The Hall–Kier alpha value is -2.48. The van der Waals surface area contributed by atoms with Crippen LogP contribution in [0.15, 0.2) is 24.3 Å². The van der Waals surface area contributed by atoms with Gasteiger partial charge in [-0.1, -0.05) is 19.1 Å². The molecular weight excluding hydrogens is 329 g/mol. The van der Waals surface area contributed by atoms with Crippen molar-refractivity contribution in [2.45, 2.75) is 31.8 Å². The maximum atomic E-state index is 13.2. The highest BCUT2D eigenvalue weighted by Crippen LogP contribution is 2.32. The third-order valence-corrected chi connectivity index (χ3v) is 4.17. The fraction of sp³-hybridized carbons (Fsp3) is 0.471. The van der Waals surface area contributed by atoms with Crippen LogP contribution < -0.4 is 10.6 Å². The van der Waals surface area contributed by atoms with E-state index in [1.807, 2.05) is 0 Å². The molecule has 2 rings (SSSR count). The smallest absolute Gasteiger partial charge is 0.325 e. The minimum atomic E-state index is -1.29. The van der Waals surface area contributed by atoms with Gasteiger partial charge >= 0.3 is 6.03 Å². The van der Waals surface area contributed by atoms with E-state index in [1.165, 1.54) is 31.4 Å². The number of halogens is 1. The lowest BCUT2D eigenvalue weighted by Crippen LogP contribution is -2.46. The lowest BCUT2D eigenvalue weighted by atomic mass is 9.87. The number of methoxy groups -OCH3 is 1. The first-order valence-corrected chi connectivity index (χ1v) is 8.02. The molecule has 4 amide bonds. The van der Waals surface area contributed by atoms with Crippen LogP contribution in [0.25, 0.3) is 0 Å². The molecular formula is C17H22FN3O4. The van der Waals surface area contributed by atoms with Crippen LogP contribution in [0.5, 0.6) is 0 Å². The van der Waals surface area contributed by atoms with E-state index >= 15 is 0 Å². The molecule has 0 spiro atoms. The highest BCUT2D eigenvalue weighted by atomic mass is 19.1. The summed E-state index contributed by atoms with van der Waals surface area (Å²) in [6.45, 7) is 3.43. The molecule has 2 atom stereocenters. The summed E-state index contributed by atoms with van der Waals surface area (Å²) in [4.78, 5) is 38.0. The monoisotopic (exact) mass is 351 g/mol. The molecule has 0 unspecified atom stereocenters. The molecule has 0 aromatic heterocycles. The van der Waals surface area contributed by atoms with Gasteiger partial charge in [0.05, 0.1) is 6.61 Å². The maximum Gasteiger partial charge on any atom is 0.325 e. The number of benzene rings is 1. The second kappa shape index (κ2) is 7.60. The number of hydrogen-bond acceptors (Lipinski definition) is 4. The Morgan fingerprint density at radius 2 is 2.00 bits per heavy atom. The molecule has 136 valence electrons. The zero-order valence-corrected chi connectivity index (χ0v) is 14.5. The van der Waals surface area contributed by atoms with Gasteiger partial charge in [-0.25, -0.2) is 9.18 Å². The van der Waals surface area contributed by atoms with E-state index < -0.39 is 29.2 Å². The minimum absolute atomic E-state index is 0.244. The van der Waals surface area contributed by atoms with Crippen LogP contribution in [-0.2, 0) is 19.9 Å². The number of amides is 4. The van der Waals surface area contributed by atoms with E-state index in [9.17, 15) is 18.8 Å². The first kappa shape index (κ1) is 18.9.